The summed E-state index contributed by atoms with van der Waals surface area (Å²) in [6.45, 7) is 5.70. The number of fused-ring (bicyclic) bond motifs is 1. The predicted octanol–water partition coefficient (Wildman–Crippen LogP) is 4.18. The molecule has 0 spiro atoms. The number of ether oxygens (including phenoxy) is 1. The number of sulfonamides is 1. The lowest BCUT2D eigenvalue weighted by molar-refractivity contribution is 0.416. The molecule has 0 amide bonds. The Morgan fingerprint density at radius 3 is 2.55 bits per heavy atom. The van der Waals surface area contributed by atoms with Crippen LogP contribution in [0, 0.1) is 6.92 Å². The van der Waals surface area contributed by atoms with Crippen molar-refractivity contribution < 1.29 is 13.2 Å². The van der Waals surface area contributed by atoms with Gasteiger partial charge in [0, 0.05) is 36.1 Å². The highest BCUT2D eigenvalue weighted by molar-refractivity contribution is 7.93. The van der Waals surface area contributed by atoms with E-state index >= 15 is 0 Å². The van der Waals surface area contributed by atoms with Crippen LogP contribution in [-0.4, -0.2) is 41.7 Å². The maximum absolute atomic E-state index is 13.3. The van der Waals surface area contributed by atoms with Crippen molar-refractivity contribution in [3.8, 4) is 5.75 Å². The van der Waals surface area contributed by atoms with Gasteiger partial charge in [-0.05, 0) is 49.7 Å². The minimum atomic E-state index is -3.80. The Kier molecular flexibility index (Phi) is 7.30. The Labute approximate surface area is 190 Å². The quantitative estimate of drug-likeness (QED) is 0.596. The third-order valence-corrected chi connectivity index (χ3v) is 6.86. The Hall–Kier alpha value is -2.48. The molecule has 8 heteroatoms. The van der Waals surface area contributed by atoms with Crippen molar-refractivity contribution in [3.05, 3.63) is 60.2 Å². The zero-order valence-electron chi connectivity index (χ0n) is 17.7. The van der Waals surface area contributed by atoms with Crippen molar-refractivity contribution in [1.29, 1.82) is 0 Å². The Morgan fingerprint density at radius 2 is 1.77 bits per heavy atom. The van der Waals surface area contributed by atoms with E-state index in [9.17, 15) is 8.42 Å². The minimum Gasteiger partial charge on any atom is -0.495 e. The van der Waals surface area contributed by atoms with Crippen LogP contribution < -0.4 is 19.7 Å². The molecule has 0 unspecified atom stereocenters. The summed E-state index contributed by atoms with van der Waals surface area (Å²) in [7, 11) is -2.27. The molecule has 0 atom stereocenters. The second kappa shape index (κ2) is 9.77. The third-order valence-electron chi connectivity index (χ3n) is 5.43. The number of nitrogens with zero attached hydrogens (tertiary/aromatic N) is 1. The van der Waals surface area contributed by atoms with E-state index in [0.29, 0.717) is 16.8 Å². The molecule has 166 valence electrons. The summed E-state index contributed by atoms with van der Waals surface area (Å²) < 4.78 is 34.7. The fourth-order valence-electron chi connectivity index (χ4n) is 3.93. The molecule has 3 aromatic rings. The molecule has 0 saturated carbocycles. The van der Waals surface area contributed by atoms with Crippen LogP contribution in [0.1, 0.15) is 12.0 Å². The van der Waals surface area contributed by atoms with Gasteiger partial charge in [0.25, 0.3) is 10.0 Å². The van der Waals surface area contributed by atoms with Crippen LogP contribution in [0.4, 0.5) is 11.4 Å². The van der Waals surface area contributed by atoms with E-state index in [4.69, 9.17) is 4.74 Å². The molecule has 6 nitrogen and oxygen atoms in total. The van der Waals surface area contributed by atoms with Crippen molar-refractivity contribution in [1.82, 2.24) is 5.32 Å². The van der Waals surface area contributed by atoms with Crippen LogP contribution in [0.3, 0.4) is 0 Å². The van der Waals surface area contributed by atoms with Gasteiger partial charge in [0.05, 0.1) is 17.7 Å². The van der Waals surface area contributed by atoms with Crippen LogP contribution in [0.25, 0.3) is 10.8 Å². The number of hydrogen-bond donors (Lipinski definition) is 2. The molecular weight excluding hydrogens is 434 g/mol. The molecule has 2 N–H and O–H groups in total. The van der Waals surface area contributed by atoms with Gasteiger partial charge in [-0.25, -0.2) is 8.42 Å². The molecule has 1 fully saturated rings. The average molecular weight is 462 g/mol. The molecule has 0 radical (unpaired) electrons. The third kappa shape index (κ3) is 4.89. The molecule has 0 bridgehead atoms. The van der Waals surface area contributed by atoms with E-state index < -0.39 is 10.0 Å². The van der Waals surface area contributed by atoms with Crippen LogP contribution in [0.2, 0.25) is 0 Å². The van der Waals surface area contributed by atoms with Crippen LogP contribution in [0.5, 0.6) is 5.75 Å². The molecule has 0 aliphatic carbocycles. The van der Waals surface area contributed by atoms with Crippen LogP contribution in [0.15, 0.2) is 59.5 Å². The standard InChI is InChI=1S/C23H27N3O3S.ClH/c1-17-8-9-20(22(16-17)29-2)25-30(27,28)23-11-10-21(18-6-3-4-7-19(18)23)26-14-5-12-24-13-15-26;/h3-4,6-11,16,24-25H,5,12-15H2,1-2H3;1H. The van der Waals surface area contributed by atoms with Crippen molar-refractivity contribution in [2.45, 2.75) is 18.2 Å². The lowest BCUT2D eigenvalue weighted by Gasteiger charge is -2.25. The van der Waals surface area contributed by atoms with Crippen molar-refractivity contribution >= 4 is 44.6 Å². The summed E-state index contributed by atoms with van der Waals surface area (Å²) in [4.78, 5) is 2.59. The summed E-state index contributed by atoms with van der Waals surface area (Å²) in [5.74, 6) is 0.497. The van der Waals surface area contributed by atoms with Crippen molar-refractivity contribution in [2.75, 3.05) is 42.9 Å². The van der Waals surface area contributed by atoms with Crippen LogP contribution in [-0.2, 0) is 10.0 Å². The first-order valence-corrected chi connectivity index (χ1v) is 11.6. The van der Waals surface area contributed by atoms with Gasteiger partial charge < -0.3 is 15.0 Å². The SMILES string of the molecule is COc1cc(C)ccc1NS(=O)(=O)c1ccc(N2CCCNCC2)c2ccccc12.Cl. The zero-order chi connectivity index (χ0) is 21.1. The Balaban J connectivity index is 0.00000272. The molecule has 0 aromatic heterocycles. The summed E-state index contributed by atoms with van der Waals surface area (Å²) in [6.07, 6.45) is 1.06. The maximum Gasteiger partial charge on any atom is 0.262 e. The molecule has 1 aliphatic heterocycles. The van der Waals surface area contributed by atoms with Gasteiger partial charge in [-0.2, -0.15) is 0 Å². The number of benzene rings is 3. The average Bonchev–Trinajstić information content (AvgIpc) is 3.03. The number of aryl methyl sites for hydroxylation is 1. The molecule has 1 aliphatic rings. The topological polar surface area (TPSA) is 70.7 Å². The first kappa shape index (κ1) is 23.2. The Bertz CT molecular complexity index is 1160. The molecular formula is C23H28ClN3O3S. The second-order valence-electron chi connectivity index (χ2n) is 7.53. The first-order valence-electron chi connectivity index (χ1n) is 10.1. The van der Waals surface area contributed by atoms with Gasteiger partial charge in [-0.1, -0.05) is 30.3 Å². The van der Waals surface area contributed by atoms with E-state index in [-0.39, 0.29) is 17.3 Å². The molecule has 1 saturated heterocycles. The molecule has 31 heavy (non-hydrogen) atoms. The second-order valence-corrected chi connectivity index (χ2v) is 9.18. The number of halogens is 1. The van der Waals surface area contributed by atoms with Gasteiger partial charge in [0.2, 0.25) is 0 Å². The van der Waals surface area contributed by atoms with Gasteiger partial charge in [-0.3, -0.25) is 4.72 Å². The summed E-state index contributed by atoms with van der Waals surface area (Å²) in [5, 5.41) is 5.07. The highest BCUT2D eigenvalue weighted by Crippen LogP contribution is 2.34. The lowest BCUT2D eigenvalue weighted by atomic mass is 10.1. The zero-order valence-corrected chi connectivity index (χ0v) is 19.4. The lowest BCUT2D eigenvalue weighted by Crippen LogP contribution is -2.28. The van der Waals surface area contributed by atoms with Crippen molar-refractivity contribution in [2.24, 2.45) is 0 Å². The predicted molar refractivity (Wildman–Crippen MR) is 129 cm³/mol. The fourth-order valence-corrected chi connectivity index (χ4v) is 5.22. The number of methoxy groups -OCH3 is 1. The van der Waals surface area contributed by atoms with E-state index in [2.05, 4.69) is 14.9 Å². The smallest absolute Gasteiger partial charge is 0.262 e. The Morgan fingerprint density at radius 1 is 1.00 bits per heavy atom. The summed E-state index contributed by atoms with van der Waals surface area (Å²) >= 11 is 0. The number of rotatable bonds is 5. The normalized spacial score (nSPS) is 14.6. The maximum atomic E-state index is 13.3. The van der Waals surface area contributed by atoms with Crippen molar-refractivity contribution in [3.63, 3.8) is 0 Å². The monoisotopic (exact) mass is 461 g/mol. The highest BCUT2D eigenvalue weighted by atomic mass is 35.5. The van der Waals surface area contributed by atoms with E-state index in [1.807, 2.05) is 49.4 Å². The number of nitrogens with one attached hydrogen (secondary N) is 2. The van der Waals surface area contributed by atoms with Gasteiger partial charge in [0.15, 0.2) is 0 Å². The fraction of sp³-hybridized carbons (Fsp3) is 0.304. The van der Waals surface area contributed by atoms with Gasteiger partial charge in [0.1, 0.15) is 5.75 Å². The van der Waals surface area contributed by atoms with E-state index in [1.54, 1.807) is 12.1 Å². The first-order chi connectivity index (χ1) is 14.5. The van der Waals surface area contributed by atoms with Crippen LogP contribution >= 0.6 is 12.4 Å². The molecule has 3 aromatic carbocycles. The minimum absolute atomic E-state index is 0. The van der Waals surface area contributed by atoms with E-state index in [1.165, 1.54) is 7.11 Å². The highest BCUT2D eigenvalue weighted by Gasteiger charge is 2.22. The van der Waals surface area contributed by atoms with E-state index in [0.717, 1.165) is 49.2 Å². The van der Waals surface area contributed by atoms with Gasteiger partial charge >= 0.3 is 0 Å². The molecule has 4 rings (SSSR count). The van der Waals surface area contributed by atoms with Gasteiger partial charge in [-0.15, -0.1) is 12.4 Å². The number of anilines is 2. The summed E-state index contributed by atoms with van der Waals surface area (Å²) in [5.41, 5.74) is 2.49. The largest absolute Gasteiger partial charge is 0.495 e. The number of hydrogen-bond acceptors (Lipinski definition) is 5. The molecule has 1 heterocycles. The summed E-state index contributed by atoms with van der Waals surface area (Å²) in [6, 6.07) is 16.7.